The van der Waals surface area contributed by atoms with E-state index in [1.54, 1.807) is 36.4 Å². The Labute approximate surface area is 159 Å². The molecule has 0 amide bonds. The van der Waals surface area contributed by atoms with Crippen molar-refractivity contribution in [1.29, 1.82) is 0 Å². The van der Waals surface area contributed by atoms with Crippen LogP contribution in [0.5, 0.6) is 0 Å². The molecule has 0 radical (unpaired) electrons. The lowest BCUT2D eigenvalue weighted by Gasteiger charge is -2.12. The van der Waals surface area contributed by atoms with E-state index >= 15 is 0 Å². The van der Waals surface area contributed by atoms with Gasteiger partial charge in [-0.1, -0.05) is 30.3 Å². The maximum absolute atomic E-state index is 12.5. The van der Waals surface area contributed by atoms with Crippen LogP contribution in [0.4, 0.5) is 0 Å². The molecule has 2 aromatic carbocycles. The van der Waals surface area contributed by atoms with Crippen LogP contribution in [0.15, 0.2) is 63.3 Å². The van der Waals surface area contributed by atoms with Gasteiger partial charge in [-0.05, 0) is 43.3 Å². The topological polar surface area (TPSA) is 50.5 Å². The average Bonchev–Trinajstić information content (AvgIpc) is 2.87. The first-order valence-electron chi connectivity index (χ1n) is 8.24. The fourth-order valence-electron chi connectivity index (χ4n) is 3.31. The summed E-state index contributed by atoms with van der Waals surface area (Å²) in [4.78, 5) is 2.51. The zero-order valence-corrected chi connectivity index (χ0v) is 16.0. The Hall–Kier alpha value is -2.08. The molecule has 0 spiro atoms. The minimum Gasteiger partial charge on any atom is -0.456 e. The molecule has 0 saturated carbocycles. The minimum absolute atomic E-state index is 0. The summed E-state index contributed by atoms with van der Waals surface area (Å²) in [5.74, 6) is 0.621. The molecule has 0 saturated heterocycles. The third-order valence-electron chi connectivity index (χ3n) is 4.59. The Morgan fingerprint density at radius 3 is 2.62 bits per heavy atom. The molecule has 1 aliphatic heterocycles. The van der Waals surface area contributed by atoms with Gasteiger partial charge in [0.1, 0.15) is 11.3 Å². The van der Waals surface area contributed by atoms with Crippen LogP contribution in [-0.4, -0.2) is 26.9 Å². The minimum atomic E-state index is -3.49. The van der Waals surface area contributed by atoms with Gasteiger partial charge in [0.25, 0.3) is 0 Å². The first-order valence-corrected chi connectivity index (χ1v) is 9.79. The molecule has 1 aromatic heterocycles. The van der Waals surface area contributed by atoms with Crippen molar-refractivity contribution in [2.24, 2.45) is 0 Å². The van der Waals surface area contributed by atoms with Crippen LogP contribution >= 0.6 is 12.4 Å². The molecule has 4 nitrogen and oxygen atoms in total. The van der Waals surface area contributed by atoms with E-state index in [-0.39, 0.29) is 17.3 Å². The van der Waals surface area contributed by atoms with Crippen LogP contribution in [0.1, 0.15) is 16.9 Å². The number of halogens is 1. The molecule has 0 unspecified atom stereocenters. The molecule has 0 atom stereocenters. The molecule has 3 aromatic rings. The fraction of sp³-hybridized carbons (Fsp3) is 0.200. The van der Waals surface area contributed by atoms with E-state index in [2.05, 4.69) is 18.0 Å². The van der Waals surface area contributed by atoms with Gasteiger partial charge in [0.2, 0.25) is 0 Å². The summed E-state index contributed by atoms with van der Waals surface area (Å²) < 4.78 is 31.0. The summed E-state index contributed by atoms with van der Waals surface area (Å²) >= 11 is 0. The normalized spacial score (nSPS) is 15.1. The third-order valence-corrected chi connectivity index (χ3v) is 6.02. The SMILES string of the molecule is CN1CCc2cccc3oc(C=CS(=O)(=O)c4ccccc4)c(c23)C1.Cl. The Morgan fingerprint density at radius 2 is 1.85 bits per heavy atom. The molecule has 0 N–H and O–H groups in total. The molecule has 4 rings (SSSR count). The molecule has 0 bridgehead atoms. The number of benzene rings is 2. The van der Waals surface area contributed by atoms with Gasteiger partial charge >= 0.3 is 0 Å². The Morgan fingerprint density at radius 1 is 1.08 bits per heavy atom. The molecular formula is C20H20ClNO3S. The van der Waals surface area contributed by atoms with Crippen LogP contribution in [0, 0.1) is 0 Å². The van der Waals surface area contributed by atoms with Gasteiger partial charge in [-0.25, -0.2) is 8.42 Å². The van der Waals surface area contributed by atoms with Crippen LogP contribution in [-0.2, 0) is 22.8 Å². The van der Waals surface area contributed by atoms with Crippen molar-refractivity contribution in [3.05, 3.63) is 70.8 Å². The number of rotatable bonds is 3. The average molecular weight is 390 g/mol. The van der Waals surface area contributed by atoms with Crippen molar-refractivity contribution < 1.29 is 12.8 Å². The highest BCUT2D eigenvalue weighted by atomic mass is 35.5. The number of furan rings is 1. The van der Waals surface area contributed by atoms with Crippen LogP contribution in [0.3, 0.4) is 0 Å². The molecule has 26 heavy (non-hydrogen) atoms. The van der Waals surface area contributed by atoms with Crippen LogP contribution < -0.4 is 0 Å². The lowest BCUT2D eigenvalue weighted by Crippen LogP contribution is -2.18. The second-order valence-electron chi connectivity index (χ2n) is 6.38. The molecule has 0 aliphatic carbocycles. The summed E-state index contributed by atoms with van der Waals surface area (Å²) in [6.45, 7) is 1.72. The predicted molar refractivity (Wildman–Crippen MR) is 106 cm³/mol. The summed E-state index contributed by atoms with van der Waals surface area (Å²) in [7, 11) is -1.42. The maximum atomic E-state index is 12.5. The third kappa shape index (κ3) is 3.43. The zero-order valence-electron chi connectivity index (χ0n) is 14.4. The maximum Gasteiger partial charge on any atom is 0.199 e. The van der Waals surface area contributed by atoms with Crippen molar-refractivity contribution in [2.45, 2.75) is 17.9 Å². The van der Waals surface area contributed by atoms with Crippen molar-refractivity contribution in [3.63, 3.8) is 0 Å². The second kappa shape index (κ2) is 7.27. The van der Waals surface area contributed by atoms with Crippen molar-refractivity contribution in [1.82, 2.24) is 4.90 Å². The molecule has 136 valence electrons. The van der Waals surface area contributed by atoms with Crippen molar-refractivity contribution in [3.8, 4) is 0 Å². The van der Waals surface area contributed by atoms with Crippen LogP contribution in [0.2, 0.25) is 0 Å². The standard InChI is InChI=1S/C20H19NO3S.ClH/c1-21-12-10-15-6-5-9-19-20(15)17(14-21)18(24-19)11-13-25(22,23)16-7-3-2-4-8-16;/h2-9,11,13H,10,12,14H2,1H3;1H. The highest BCUT2D eigenvalue weighted by Gasteiger charge is 2.21. The van der Waals surface area contributed by atoms with Crippen molar-refractivity contribution in [2.75, 3.05) is 13.6 Å². The number of sulfone groups is 1. The van der Waals surface area contributed by atoms with E-state index in [9.17, 15) is 8.42 Å². The number of hydrogen-bond acceptors (Lipinski definition) is 4. The van der Waals surface area contributed by atoms with Gasteiger partial charge in [0, 0.05) is 29.4 Å². The van der Waals surface area contributed by atoms with Gasteiger partial charge in [-0.15, -0.1) is 12.4 Å². The first kappa shape index (κ1) is 18.7. The molecule has 6 heteroatoms. The summed E-state index contributed by atoms with van der Waals surface area (Å²) in [5.41, 5.74) is 3.14. The summed E-state index contributed by atoms with van der Waals surface area (Å²) in [6, 6.07) is 14.5. The largest absolute Gasteiger partial charge is 0.456 e. The van der Waals surface area contributed by atoms with Gasteiger partial charge in [-0.3, -0.25) is 0 Å². The number of hydrogen-bond donors (Lipinski definition) is 0. The molecule has 2 heterocycles. The van der Waals surface area contributed by atoms with E-state index in [1.165, 1.54) is 11.0 Å². The molecule has 0 fully saturated rings. The predicted octanol–water partition coefficient (Wildman–Crippen LogP) is 4.29. The number of likely N-dealkylation sites (N-methyl/N-ethyl adjacent to an activating group) is 1. The Balaban J connectivity index is 0.00000196. The highest BCUT2D eigenvalue weighted by molar-refractivity contribution is 7.94. The summed E-state index contributed by atoms with van der Waals surface area (Å²) in [5, 5.41) is 2.37. The lowest BCUT2D eigenvalue weighted by molar-refractivity contribution is 0.334. The smallest absolute Gasteiger partial charge is 0.199 e. The molecular weight excluding hydrogens is 370 g/mol. The van der Waals surface area contributed by atoms with Gasteiger partial charge < -0.3 is 9.32 Å². The van der Waals surface area contributed by atoms with Crippen LogP contribution in [0.25, 0.3) is 17.0 Å². The molecule has 1 aliphatic rings. The highest BCUT2D eigenvalue weighted by Crippen LogP contribution is 2.33. The second-order valence-corrected chi connectivity index (χ2v) is 8.22. The van der Waals surface area contributed by atoms with Crippen molar-refractivity contribution >= 4 is 39.3 Å². The van der Waals surface area contributed by atoms with Gasteiger partial charge in [0.05, 0.1) is 4.90 Å². The van der Waals surface area contributed by atoms with Gasteiger partial charge in [0.15, 0.2) is 9.84 Å². The first-order chi connectivity index (χ1) is 12.0. The lowest BCUT2D eigenvalue weighted by atomic mass is 10.0. The quantitative estimate of drug-likeness (QED) is 0.670. The van der Waals surface area contributed by atoms with Gasteiger partial charge in [-0.2, -0.15) is 0 Å². The van der Waals surface area contributed by atoms with E-state index in [0.717, 1.165) is 36.0 Å². The van der Waals surface area contributed by atoms with E-state index in [0.29, 0.717) is 5.76 Å². The van der Waals surface area contributed by atoms with E-state index in [4.69, 9.17) is 4.42 Å². The van der Waals surface area contributed by atoms with E-state index in [1.807, 2.05) is 12.1 Å². The van der Waals surface area contributed by atoms with E-state index < -0.39 is 9.84 Å². The Kier molecular flexibility index (Phi) is 5.23. The summed E-state index contributed by atoms with van der Waals surface area (Å²) in [6.07, 6.45) is 2.55. The monoisotopic (exact) mass is 389 g/mol. The fourth-order valence-corrected chi connectivity index (χ4v) is 4.30. The zero-order chi connectivity index (χ0) is 17.4. The Bertz CT molecular complexity index is 1060. The number of nitrogens with zero attached hydrogens (tertiary/aromatic N) is 1.